The van der Waals surface area contributed by atoms with E-state index < -0.39 is 0 Å². The van der Waals surface area contributed by atoms with E-state index in [1.165, 1.54) is 0 Å². The van der Waals surface area contributed by atoms with Crippen molar-refractivity contribution in [3.63, 3.8) is 0 Å². The molecule has 0 aliphatic heterocycles. The third kappa shape index (κ3) is 5.57. The van der Waals surface area contributed by atoms with E-state index in [-0.39, 0.29) is 5.91 Å². The lowest BCUT2D eigenvalue weighted by atomic mass is 9.80. The van der Waals surface area contributed by atoms with Gasteiger partial charge in [-0.2, -0.15) is 0 Å². The lowest BCUT2D eigenvalue weighted by molar-refractivity contribution is -0.133. The second-order valence-electron chi connectivity index (χ2n) is 5.18. The summed E-state index contributed by atoms with van der Waals surface area (Å²) in [4.78, 5) is 13.8. The molecule has 0 aromatic heterocycles. The van der Waals surface area contributed by atoms with Crippen LogP contribution in [0.2, 0.25) is 0 Å². The molecule has 1 rings (SSSR count). The largest absolute Gasteiger partial charge is 0.378 e. The Bertz CT molecular complexity index is 242. The molecular weight excluding hydrogens is 250 g/mol. The fourth-order valence-corrected chi connectivity index (χ4v) is 2.55. The predicted octanol–water partition coefficient (Wildman–Crippen LogP) is 3.06. The van der Waals surface area contributed by atoms with E-state index in [9.17, 15) is 4.79 Å². The van der Waals surface area contributed by atoms with Crippen LogP contribution in [0, 0.1) is 5.92 Å². The maximum Gasteiger partial charge on any atom is 0.222 e. The molecule has 4 heteroatoms. The minimum Gasteiger partial charge on any atom is -0.378 e. The molecular formula is C14H26ClNO2. The van der Waals surface area contributed by atoms with Crippen LogP contribution < -0.4 is 0 Å². The smallest absolute Gasteiger partial charge is 0.222 e. The Kier molecular flexibility index (Phi) is 7.68. The highest BCUT2D eigenvalue weighted by Gasteiger charge is 2.31. The summed E-state index contributed by atoms with van der Waals surface area (Å²) in [5, 5.41) is 0. The van der Waals surface area contributed by atoms with Gasteiger partial charge in [0.1, 0.15) is 0 Å². The van der Waals surface area contributed by atoms with E-state index in [1.807, 2.05) is 18.9 Å². The zero-order valence-corrected chi connectivity index (χ0v) is 12.4. The van der Waals surface area contributed by atoms with E-state index >= 15 is 0 Å². The summed E-state index contributed by atoms with van der Waals surface area (Å²) in [5.74, 6) is 1.54. The highest BCUT2D eigenvalue weighted by atomic mass is 35.5. The van der Waals surface area contributed by atoms with Crippen LogP contribution in [-0.4, -0.2) is 43.0 Å². The fraction of sp³-hybridized carbons (Fsp3) is 0.929. The van der Waals surface area contributed by atoms with E-state index in [1.54, 1.807) is 0 Å². The average Bonchev–Trinajstić information content (AvgIpc) is 2.31. The van der Waals surface area contributed by atoms with Crippen molar-refractivity contribution in [2.75, 3.05) is 26.1 Å². The minimum atomic E-state index is 0.279. The van der Waals surface area contributed by atoms with Crippen molar-refractivity contribution in [1.29, 1.82) is 0 Å². The van der Waals surface area contributed by atoms with Crippen LogP contribution in [0.15, 0.2) is 0 Å². The van der Waals surface area contributed by atoms with Crippen molar-refractivity contribution >= 4 is 17.5 Å². The van der Waals surface area contributed by atoms with Gasteiger partial charge >= 0.3 is 0 Å². The summed E-state index contributed by atoms with van der Waals surface area (Å²) in [7, 11) is 1.90. The van der Waals surface area contributed by atoms with Gasteiger partial charge in [-0.05, 0) is 38.5 Å². The first-order valence-corrected chi connectivity index (χ1v) is 7.62. The Balaban J connectivity index is 2.06. The number of amides is 1. The maximum absolute atomic E-state index is 11.9. The number of alkyl halides is 1. The molecule has 0 unspecified atom stereocenters. The Morgan fingerprint density at radius 1 is 1.33 bits per heavy atom. The monoisotopic (exact) mass is 275 g/mol. The molecule has 1 saturated carbocycles. The van der Waals surface area contributed by atoms with Crippen molar-refractivity contribution in [3.8, 4) is 0 Å². The molecule has 0 bridgehead atoms. The number of carbonyl (C=O) groups is 1. The summed E-state index contributed by atoms with van der Waals surface area (Å²) in [5.41, 5.74) is 0. The molecule has 106 valence electrons. The second-order valence-corrected chi connectivity index (χ2v) is 5.56. The lowest BCUT2D eigenvalue weighted by Gasteiger charge is -2.35. The number of nitrogens with zero attached hydrogens (tertiary/aromatic N) is 1. The quantitative estimate of drug-likeness (QED) is 0.478. The molecule has 1 aliphatic rings. The number of halogens is 1. The second kappa shape index (κ2) is 8.76. The first-order chi connectivity index (χ1) is 8.67. The summed E-state index contributed by atoms with van der Waals surface area (Å²) in [6.07, 6.45) is 6.41. The van der Waals surface area contributed by atoms with Gasteiger partial charge in [0.05, 0.1) is 6.10 Å². The van der Waals surface area contributed by atoms with Gasteiger partial charge in [-0.15, -0.1) is 11.6 Å². The van der Waals surface area contributed by atoms with Gasteiger partial charge < -0.3 is 9.64 Å². The van der Waals surface area contributed by atoms with E-state index in [2.05, 4.69) is 0 Å². The Labute approximate surface area is 116 Å². The summed E-state index contributed by atoms with van der Waals surface area (Å²) in [6, 6.07) is 0. The van der Waals surface area contributed by atoms with E-state index in [4.69, 9.17) is 16.3 Å². The molecule has 1 amide bonds. The maximum atomic E-state index is 11.9. The highest BCUT2D eigenvalue weighted by molar-refractivity contribution is 6.17. The molecule has 0 saturated heterocycles. The molecule has 0 aromatic rings. The van der Waals surface area contributed by atoms with Gasteiger partial charge in [0.15, 0.2) is 0 Å². The summed E-state index contributed by atoms with van der Waals surface area (Å²) < 4.78 is 5.50. The lowest BCUT2D eigenvalue weighted by Crippen LogP contribution is -2.36. The highest BCUT2D eigenvalue weighted by Crippen LogP contribution is 2.32. The van der Waals surface area contributed by atoms with Crippen molar-refractivity contribution in [2.45, 2.75) is 51.6 Å². The van der Waals surface area contributed by atoms with E-state index in [0.29, 0.717) is 18.4 Å². The number of ether oxygens (including phenoxy) is 1. The number of hydrogen-bond donors (Lipinski definition) is 0. The van der Waals surface area contributed by atoms with Crippen molar-refractivity contribution in [1.82, 2.24) is 4.90 Å². The molecule has 0 spiro atoms. The Morgan fingerprint density at radius 3 is 2.67 bits per heavy atom. The van der Waals surface area contributed by atoms with Gasteiger partial charge in [-0.1, -0.05) is 6.42 Å². The molecule has 1 aliphatic carbocycles. The molecule has 0 heterocycles. The topological polar surface area (TPSA) is 29.5 Å². The first kappa shape index (κ1) is 15.8. The van der Waals surface area contributed by atoms with Crippen molar-refractivity contribution in [3.05, 3.63) is 0 Å². The first-order valence-electron chi connectivity index (χ1n) is 7.08. The van der Waals surface area contributed by atoms with E-state index in [0.717, 1.165) is 51.1 Å². The molecule has 1 fully saturated rings. The van der Waals surface area contributed by atoms with Crippen molar-refractivity contribution < 1.29 is 9.53 Å². The molecule has 0 N–H and O–H groups in total. The van der Waals surface area contributed by atoms with Gasteiger partial charge in [-0.25, -0.2) is 0 Å². The third-order valence-electron chi connectivity index (χ3n) is 3.61. The zero-order valence-electron chi connectivity index (χ0n) is 11.7. The molecule has 0 atom stereocenters. The van der Waals surface area contributed by atoms with Gasteiger partial charge in [0.25, 0.3) is 0 Å². The van der Waals surface area contributed by atoms with Crippen LogP contribution >= 0.6 is 11.6 Å². The average molecular weight is 276 g/mol. The molecule has 0 radical (unpaired) electrons. The molecule has 0 aromatic carbocycles. The molecule has 18 heavy (non-hydrogen) atoms. The Hall–Kier alpha value is -0.280. The van der Waals surface area contributed by atoms with Crippen LogP contribution in [0.1, 0.15) is 45.4 Å². The molecule has 3 nitrogen and oxygen atoms in total. The van der Waals surface area contributed by atoms with Crippen LogP contribution in [0.3, 0.4) is 0 Å². The summed E-state index contributed by atoms with van der Waals surface area (Å²) in [6.45, 7) is 3.66. The van der Waals surface area contributed by atoms with Crippen LogP contribution in [0.5, 0.6) is 0 Å². The number of unbranched alkanes of at least 4 members (excludes halogenated alkanes) is 2. The Morgan fingerprint density at radius 2 is 2.06 bits per heavy atom. The third-order valence-corrected chi connectivity index (χ3v) is 3.88. The normalized spacial score (nSPS) is 22.6. The standard InChI is InChI=1S/C14H26ClNO2/c1-3-18-13-9-12(10-13)11-14(17)16(2)8-6-4-5-7-15/h12-13H,3-11H2,1-2H3. The zero-order chi connectivity index (χ0) is 13.4. The van der Waals surface area contributed by atoms with Gasteiger partial charge in [0, 0.05) is 32.5 Å². The number of hydrogen-bond acceptors (Lipinski definition) is 2. The SMILES string of the molecule is CCOC1CC(CC(=O)N(C)CCCCCCl)C1. The van der Waals surface area contributed by atoms with Crippen LogP contribution in [0.25, 0.3) is 0 Å². The fourth-order valence-electron chi connectivity index (χ4n) is 2.36. The van der Waals surface area contributed by atoms with Gasteiger partial charge in [-0.3, -0.25) is 4.79 Å². The van der Waals surface area contributed by atoms with Crippen LogP contribution in [0.4, 0.5) is 0 Å². The number of rotatable bonds is 9. The minimum absolute atomic E-state index is 0.279. The van der Waals surface area contributed by atoms with Crippen LogP contribution in [-0.2, 0) is 9.53 Å². The van der Waals surface area contributed by atoms with Gasteiger partial charge in [0.2, 0.25) is 5.91 Å². The number of carbonyl (C=O) groups excluding carboxylic acids is 1. The van der Waals surface area contributed by atoms with Crippen molar-refractivity contribution in [2.24, 2.45) is 5.92 Å². The predicted molar refractivity (Wildman–Crippen MR) is 75.0 cm³/mol. The summed E-state index contributed by atoms with van der Waals surface area (Å²) >= 11 is 5.62.